The molecule has 1 aliphatic rings. The SMILES string of the molecule is COc1ccc(Oc2c(C(F)(F)F)oc3c(CN4CCCC[C@H]4c4cccnc4)c(O)ccc3c2=O)cc1. The molecule has 1 saturated heterocycles. The number of rotatable bonds is 6. The standard InChI is InChI=1S/C28H25F3N2O5/c1-36-18-7-9-19(10-8-18)37-26-24(35)20-11-12-23(34)21(25(20)38-27(26)28(29,30)31)16-33-14-3-2-6-22(33)17-5-4-13-32-15-17/h4-5,7-13,15,22,34H,2-3,6,14,16H2,1H3/t22-/m0/s1. The molecule has 2 aromatic carbocycles. The van der Waals surface area contributed by atoms with E-state index in [2.05, 4.69) is 9.88 Å². The van der Waals surface area contributed by atoms with E-state index in [4.69, 9.17) is 13.9 Å². The topological polar surface area (TPSA) is 85.0 Å². The van der Waals surface area contributed by atoms with Gasteiger partial charge in [-0.05, 0) is 67.4 Å². The average Bonchev–Trinajstić information content (AvgIpc) is 2.92. The summed E-state index contributed by atoms with van der Waals surface area (Å²) in [6.07, 6.45) is 1.11. The third-order valence-corrected chi connectivity index (χ3v) is 6.68. The van der Waals surface area contributed by atoms with Crippen molar-refractivity contribution in [2.45, 2.75) is 38.0 Å². The quantitative estimate of drug-likeness (QED) is 0.309. The Labute approximate surface area is 216 Å². The molecule has 0 saturated carbocycles. The second-order valence-electron chi connectivity index (χ2n) is 9.07. The maximum Gasteiger partial charge on any atom is 0.453 e. The lowest BCUT2D eigenvalue weighted by molar-refractivity contribution is -0.154. The highest BCUT2D eigenvalue weighted by atomic mass is 19.4. The number of benzene rings is 2. The number of likely N-dealkylation sites (tertiary alicyclic amines) is 1. The van der Waals surface area contributed by atoms with Crippen molar-refractivity contribution >= 4 is 11.0 Å². The zero-order valence-corrected chi connectivity index (χ0v) is 20.5. The fraction of sp³-hybridized carbons (Fsp3) is 0.286. The molecule has 0 amide bonds. The molecule has 2 aromatic heterocycles. The second kappa shape index (κ2) is 10.4. The monoisotopic (exact) mass is 526 g/mol. The first-order chi connectivity index (χ1) is 18.3. The van der Waals surface area contributed by atoms with Gasteiger partial charge in [-0.1, -0.05) is 12.5 Å². The van der Waals surface area contributed by atoms with E-state index < -0.39 is 23.1 Å². The maximum absolute atomic E-state index is 14.1. The minimum absolute atomic E-state index is 0.00887. The lowest BCUT2D eigenvalue weighted by Crippen LogP contribution is -2.33. The fourth-order valence-electron chi connectivity index (χ4n) is 4.81. The van der Waals surface area contributed by atoms with Crippen molar-refractivity contribution in [3.05, 3.63) is 88.0 Å². The molecule has 1 N–H and O–H groups in total. The summed E-state index contributed by atoms with van der Waals surface area (Å²) >= 11 is 0. The van der Waals surface area contributed by atoms with E-state index in [1.807, 2.05) is 12.1 Å². The summed E-state index contributed by atoms with van der Waals surface area (Å²) in [7, 11) is 1.45. The highest BCUT2D eigenvalue weighted by molar-refractivity contribution is 5.83. The zero-order valence-electron chi connectivity index (χ0n) is 20.5. The van der Waals surface area contributed by atoms with Crippen molar-refractivity contribution in [3.8, 4) is 23.0 Å². The van der Waals surface area contributed by atoms with Crippen LogP contribution >= 0.6 is 0 Å². The van der Waals surface area contributed by atoms with Crippen LogP contribution in [0, 0.1) is 0 Å². The lowest BCUT2D eigenvalue weighted by Gasteiger charge is -2.36. The predicted octanol–water partition coefficient (Wildman–Crippen LogP) is 6.44. The number of pyridine rings is 1. The number of methoxy groups -OCH3 is 1. The van der Waals surface area contributed by atoms with Crippen LogP contribution in [-0.2, 0) is 12.7 Å². The van der Waals surface area contributed by atoms with Crippen LogP contribution in [0.3, 0.4) is 0 Å². The summed E-state index contributed by atoms with van der Waals surface area (Å²) in [4.78, 5) is 19.6. The van der Waals surface area contributed by atoms with Gasteiger partial charge < -0.3 is 19.0 Å². The summed E-state index contributed by atoms with van der Waals surface area (Å²) in [5.41, 5.74) is -0.227. The molecule has 0 spiro atoms. The second-order valence-corrected chi connectivity index (χ2v) is 9.07. The number of piperidine rings is 1. The molecular formula is C28H25F3N2O5. The molecule has 5 rings (SSSR count). The molecule has 0 unspecified atom stereocenters. The number of hydrogen-bond donors (Lipinski definition) is 1. The van der Waals surface area contributed by atoms with Gasteiger partial charge in [0.25, 0.3) is 5.76 Å². The van der Waals surface area contributed by atoms with Crippen molar-refractivity contribution < 1.29 is 32.2 Å². The number of alkyl halides is 3. The summed E-state index contributed by atoms with van der Waals surface area (Å²) < 4.78 is 58.3. The first-order valence-electron chi connectivity index (χ1n) is 12.1. The van der Waals surface area contributed by atoms with Gasteiger partial charge >= 0.3 is 6.18 Å². The molecule has 38 heavy (non-hydrogen) atoms. The molecule has 1 fully saturated rings. The van der Waals surface area contributed by atoms with E-state index in [0.717, 1.165) is 24.8 Å². The number of nitrogens with zero attached hydrogens (tertiary/aromatic N) is 2. The molecule has 0 radical (unpaired) electrons. The van der Waals surface area contributed by atoms with Crippen LogP contribution in [0.1, 0.15) is 42.2 Å². The number of ether oxygens (including phenoxy) is 2. The van der Waals surface area contributed by atoms with E-state index >= 15 is 0 Å². The molecule has 3 heterocycles. The Bertz CT molecular complexity index is 1490. The zero-order chi connectivity index (χ0) is 26.9. The van der Waals surface area contributed by atoms with E-state index in [0.29, 0.717) is 12.3 Å². The molecule has 4 aromatic rings. The largest absolute Gasteiger partial charge is 0.507 e. The minimum Gasteiger partial charge on any atom is -0.507 e. The van der Waals surface area contributed by atoms with Crippen molar-refractivity contribution in [1.82, 2.24) is 9.88 Å². The van der Waals surface area contributed by atoms with Gasteiger partial charge in [0.1, 0.15) is 22.8 Å². The van der Waals surface area contributed by atoms with Crippen LogP contribution in [0.25, 0.3) is 11.0 Å². The molecule has 198 valence electrons. The van der Waals surface area contributed by atoms with Crippen molar-refractivity contribution in [2.75, 3.05) is 13.7 Å². The van der Waals surface area contributed by atoms with Crippen LogP contribution < -0.4 is 14.9 Å². The van der Waals surface area contributed by atoms with Gasteiger partial charge in [-0.15, -0.1) is 0 Å². The summed E-state index contributed by atoms with van der Waals surface area (Å²) in [5.74, 6) is -2.32. The molecule has 1 aliphatic heterocycles. The highest BCUT2D eigenvalue weighted by Gasteiger charge is 2.41. The van der Waals surface area contributed by atoms with Crippen molar-refractivity contribution in [1.29, 1.82) is 0 Å². The molecule has 0 bridgehead atoms. The summed E-state index contributed by atoms with van der Waals surface area (Å²) in [5, 5.41) is 10.6. The Morgan fingerprint density at radius 2 is 1.87 bits per heavy atom. The van der Waals surface area contributed by atoms with Crippen LogP contribution in [0.5, 0.6) is 23.0 Å². The summed E-state index contributed by atoms with van der Waals surface area (Å²) in [6, 6.07) is 12.0. The minimum atomic E-state index is -5.03. The van der Waals surface area contributed by atoms with Gasteiger partial charge in [-0.25, -0.2) is 0 Å². The Balaban J connectivity index is 1.60. The van der Waals surface area contributed by atoms with Gasteiger partial charge in [0.15, 0.2) is 0 Å². The third-order valence-electron chi connectivity index (χ3n) is 6.68. The van der Waals surface area contributed by atoms with Crippen LogP contribution in [0.2, 0.25) is 0 Å². The van der Waals surface area contributed by atoms with Crippen LogP contribution in [0.4, 0.5) is 13.2 Å². The van der Waals surface area contributed by atoms with Crippen LogP contribution in [0.15, 0.2) is 70.1 Å². The number of halogens is 3. The molecule has 7 nitrogen and oxygen atoms in total. The van der Waals surface area contributed by atoms with E-state index in [1.165, 1.54) is 43.5 Å². The van der Waals surface area contributed by atoms with Gasteiger partial charge in [-0.2, -0.15) is 13.2 Å². The average molecular weight is 527 g/mol. The first kappa shape index (κ1) is 25.6. The summed E-state index contributed by atoms with van der Waals surface area (Å²) in [6.45, 7) is 0.742. The number of hydrogen-bond acceptors (Lipinski definition) is 7. The fourth-order valence-corrected chi connectivity index (χ4v) is 4.81. The molecule has 1 atom stereocenters. The van der Waals surface area contributed by atoms with Crippen molar-refractivity contribution in [2.24, 2.45) is 0 Å². The Hall–Kier alpha value is -4.05. The number of phenolic OH excluding ortho intramolecular Hbond substituents is 1. The number of aromatic hydroxyl groups is 1. The smallest absolute Gasteiger partial charge is 0.453 e. The van der Waals surface area contributed by atoms with Gasteiger partial charge in [-0.3, -0.25) is 14.7 Å². The normalized spacial score (nSPS) is 16.5. The number of phenols is 1. The van der Waals surface area contributed by atoms with Crippen molar-refractivity contribution in [3.63, 3.8) is 0 Å². The first-order valence-corrected chi connectivity index (χ1v) is 12.1. The van der Waals surface area contributed by atoms with Crippen LogP contribution in [-0.4, -0.2) is 28.6 Å². The molecule has 0 aliphatic carbocycles. The van der Waals surface area contributed by atoms with Gasteiger partial charge in [0.2, 0.25) is 11.2 Å². The molecule has 10 heteroatoms. The van der Waals surface area contributed by atoms with E-state index in [9.17, 15) is 23.1 Å². The van der Waals surface area contributed by atoms with Gasteiger partial charge in [0.05, 0.1) is 18.1 Å². The Kier molecular flexibility index (Phi) is 6.98. The number of aromatic nitrogens is 1. The lowest BCUT2D eigenvalue weighted by atomic mass is 9.95. The highest BCUT2D eigenvalue weighted by Crippen LogP contribution is 2.41. The third kappa shape index (κ3) is 5.04. The van der Waals surface area contributed by atoms with E-state index in [-0.39, 0.29) is 40.6 Å². The molecular weight excluding hydrogens is 501 g/mol. The maximum atomic E-state index is 14.1. The van der Waals surface area contributed by atoms with Gasteiger partial charge in [0, 0.05) is 25.0 Å². The predicted molar refractivity (Wildman–Crippen MR) is 133 cm³/mol. The Morgan fingerprint density at radius 3 is 2.55 bits per heavy atom. The number of fused-ring (bicyclic) bond motifs is 1. The van der Waals surface area contributed by atoms with E-state index in [1.54, 1.807) is 12.4 Å². The Morgan fingerprint density at radius 1 is 1.11 bits per heavy atom.